The zero-order valence-corrected chi connectivity index (χ0v) is 15.1. The van der Waals surface area contributed by atoms with Crippen molar-refractivity contribution in [2.45, 2.75) is 0 Å². The smallest absolute Gasteiger partial charge is 0.270 e. The van der Waals surface area contributed by atoms with Gasteiger partial charge in [-0.1, -0.05) is 36.4 Å². The zero-order chi connectivity index (χ0) is 19.9. The van der Waals surface area contributed by atoms with E-state index in [1.807, 2.05) is 42.5 Å². The Morgan fingerprint density at radius 3 is 2.75 bits per heavy atom. The highest BCUT2D eigenvalue weighted by molar-refractivity contribution is 5.95. The average Bonchev–Trinajstić information content (AvgIpc) is 2.72. The molecule has 1 amide bonds. The van der Waals surface area contributed by atoms with Crippen LogP contribution in [0.1, 0.15) is 5.56 Å². The van der Waals surface area contributed by atoms with Gasteiger partial charge >= 0.3 is 0 Å². The average molecular weight is 378 g/mol. The second kappa shape index (κ2) is 8.63. The van der Waals surface area contributed by atoms with Crippen LogP contribution >= 0.6 is 0 Å². The lowest BCUT2D eigenvalue weighted by Crippen LogP contribution is -2.26. The minimum absolute atomic E-state index is 0.0252. The standard InChI is InChI=1S/C20H18N4O4/c1-28-19-10-9-16(24(26)27)11-15(19)12-22-23-20(25)13-21-18-8-4-6-14-5-2-3-7-17(14)18/h2-12,21H,13H2,1H3,(H,23,25)/b22-12-. The fourth-order valence-electron chi connectivity index (χ4n) is 2.70. The lowest BCUT2D eigenvalue weighted by Gasteiger charge is -2.09. The Morgan fingerprint density at radius 1 is 1.18 bits per heavy atom. The van der Waals surface area contributed by atoms with Crippen LogP contribution in [0.2, 0.25) is 0 Å². The Labute approximate surface area is 161 Å². The Kier molecular flexibility index (Phi) is 5.81. The summed E-state index contributed by atoms with van der Waals surface area (Å²) in [5.74, 6) is 0.0612. The number of nitro groups is 1. The van der Waals surface area contributed by atoms with Gasteiger partial charge in [0.1, 0.15) is 5.75 Å². The van der Waals surface area contributed by atoms with Crippen molar-refractivity contribution in [2.75, 3.05) is 19.0 Å². The highest BCUT2D eigenvalue weighted by Gasteiger charge is 2.10. The van der Waals surface area contributed by atoms with Crippen LogP contribution in [-0.2, 0) is 4.79 Å². The maximum absolute atomic E-state index is 12.0. The first-order valence-electron chi connectivity index (χ1n) is 8.44. The molecule has 3 aromatic carbocycles. The SMILES string of the molecule is COc1ccc([N+](=O)[O-])cc1/C=N\NC(=O)CNc1cccc2ccccc12. The van der Waals surface area contributed by atoms with Crippen LogP contribution in [0.5, 0.6) is 5.75 Å². The molecular formula is C20H18N4O4. The number of nitrogens with zero attached hydrogens (tertiary/aromatic N) is 2. The van der Waals surface area contributed by atoms with Gasteiger partial charge in [0.05, 0.1) is 24.8 Å². The number of hydrogen-bond acceptors (Lipinski definition) is 6. The van der Waals surface area contributed by atoms with Gasteiger partial charge in [0.25, 0.3) is 11.6 Å². The quantitative estimate of drug-likeness (QED) is 0.373. The largest absolute Gasteiger partial charge is 0.496 e. The lowest BCUT2D eigenvalue weighted by atomic mass is 10.1. The maximum Gasteiger partial charge on any atom is 0.270 e. The molecule has 142 valence electrons. The van der Waals surface area contributed by atoms with Gasteiger partial charge < -0.3 is 10.1 Å². The van der Waals surface area contributed by atoms with E-state index in [1.54, 1.807) is 0 Å². The number of methoxy groups -OCH3 is 1. The summed E-state index contributed by atoms with van der Waals surface area (Å²) in [6.45, 7) is 0.0252. The van der Waals surface area contributed by atoms with Crippen molar-refractivity contribution in [3.8, 4) is 5.75 Å². The summed E-state index contributed by atoms with van der Waals surface area (Å²) in [7, 11) is 1.45. The second-order valence-corrected chi connectivity index (χ2v) is 5.86. The molecule has 0 aromatic heterocycles. The molecule has 0 fully saturated rings. The van der Waals surface area contributed by atoms with Gasteiger partial charge in [-0.15, -0.1) is 0 Å². The van der Waals surface area contributed by atoms with E-state index >= 15 is 0 Å². The van der Waals surface area contributed by atoms with E-state index in [0.29, 0.717) is 11.3 Å². The number of carbonyl (C=O) groups excluding carboxylic acids is 1. The number of nitrogens with one attached hydrogen (secondary N) is 2. The van der Waals surface area contributed by atoms with E-state index in [4.69, 9.17) is 4.74 Å². The molecule has 0 aliphatic carbocycles. The first kappa shape index (κ1) is 18.8. The van der Waals surface area contributed by atoms with Crippen LogP contribution in [0.3, 0.4) is 0 Å². The summed E-state index contributed by atoms with van der Waals surface area (Å²) in [6.07, 6.45) is 1.31. The third-order valence-electron chi connectivity index (χ3n) is 4.05. The van der Waals surface area contributed by atoms with E-state index in [0.717, 1.165) is 16.5 Å². The number of anilines is 1. The first-order valence-corrected chi connectivity index (χ1v) is 8.44. The monoisotopic (exact) mass is 378 g/mol. The number of benzene rings is 3. The molecule has 0 bridgehead atoms. The van der Waals surface area contributed by atoms with Gasteiger partial charge in [-0.05, 0) is 17.5 Å². The first-order chi connectivity index (χ1) is 13.6. The number of nitro benzene ring substituents is 1. The number of rotatable bonds is 7. The minimum atomic E-state index is -0.510. The molecule has 28 heavy (non-hydrogen) atoms. The van der Waals surface area contributed by atoms with Gasteiger partial charge in [-0.3, -0.25) is 14.9 Å². The van der Waals surface area contributed by atoms with Crippen LogP contribution in [0.4, 0.5) is 11.4 Å². The lowest BCUT2D eigenvalue weighted by molar-refractivity contribution is -0.384. The van der Waals surface area contributed by atoms with Crippen LogP contribution in [0.25, 0.3) is 10.8 Å². The number of carbonyl (C=O) groups is 1. The fraction of sp³-hybridized carbons (Fsp3) is 0.100. The Morgan fingerprint density at radius 2 is 1.96 bits per heavy atom. The van der Waals surface area contributed by atoms with Crippen molar-refractivity contribution in [1.29, 1.82) is 0 Å². The molecule has 2 N–H and O–H groups in total. The van der Waals surface area contributed by atoms with E-state index in [1.165, 1.54) is 31.5 Å². The minimum Gasteiger partial charge on any atom is -0.496 e. The maximum atomic E-state index is 12.0. The number of ether oxygens (including phenoxy) is 1. The van der Waals surface area contributed by atoms with E-state index in [-0.39, 0.29) is 18.1 Å². The molecule has 0 heterocycles. The van der Waals surface area contributed by atoms with Crippen molar-refractivity contribution in [2.24, 2.45) is 5.10 Å². The topological polar surface area (TPSA) is 106 Å². The third-order valence-corrected chi connectivity index (χ3v) is 4.05. The molecule has 0 saturated carbocycles. The predicted molar refractivity (Wildman–Crippen MR) is 108 cm³/mol. The van der Waals surface area contributed by atoms with Crippen LogP contribution in [0.15, 0.2) is 65.8 Å². The summed E-state index contributed by atoms with van der Waals surface area (Å²) in [5, 5.41) is 19.9. The molecule has 0 aliphatic heterocycles. The van der Waals surface area contributed by atoms with Crippen LogP contribution in [0, 0.1) is 10.1 Å². The normalized spacial score (nSPS) is 10.8. The van der Waals surface area contributed by atoms with E-state index < -0.39 is 4.92 Å². The Bertz CT molecular complexity index is 1040. The van der Waals surface area contributed by atoms with Crippen molar-refractivity contribution in [3.63, 3.8) is 0 Å². The van der Waals surface area contributed by atoms with Crippen molar-refractivity contribution in [1.82, 2.24) is 5.43 Å². The Balaban J connectivity index is 1.63. The van der Waals surface area contributed by atoms with Crippen LogP contribution < -0.4 is 15.5 Å². The molecule has 8 heteroatoms. The van der Waals surface area contributed by atoms with Crippen molar-refractivity contribution >= 4 is 34.3 Å². The van der Waals surface area contributed by atoms with Crippen LogP contribution in [-0.4, -0.2) is 30.7 Å². The van der Waals surface area contributed by atoms with Gasteiger partial charge in [0, 0.05) is 28.8 Å². The number of fused-ring (bicyclic) bond motifs is 1. The number of non-ortho nitro benzene ring substituents is 1. The summed E-state index contributed by atoms with van der Waals surface area (Å²) in [5.41, 5.74) is 3.53. The zero-order valence-electron chi connectivity index (χ0n) is 15.1. The molecule has 8 nitrogen and oxygen atoms in total. The highest BCUT2D eigenvalue weighted by Crippen LogP contribution is 2.23. The molecule has 0 saturated heterocycles. The molecular weight excluding hydrogens is 360 g/mol. The van der Waals surface area contributed by atoms with E-state index in [2.05, 4.69) is 15.8 Å². The Hall–Kier alpha value is -3.94. The molecule has 3 aromatic rings. The van der Waals surface area contributed by atoms with Crippen molar-refractivity contribution in [3.05, 3.63) is 76.3 Å². The molecule has 0 unspecified atom stereocenters. The van der Waals surface area contributed by atoms with Gasteiger partial charge in [-0.2, -0.15) is 5.10 Å². The van der Waals surface area contributed by atoms with Crippen molar-refractivity contribution < 1.29 is 14.5 Å². The summed E-state index contributed by atoms with van der Waals surface area (Å²) >= 11 is 0. The fourth-order valence-corrected chi connectivity index (χ4v) is 2.70. The number of hydrazone groups is 1. The molecule has 0 radical (unpaired) electrons. The summed E-state index contributed by atoms with van der Waals surface area (Å²) in [6, 6.07) is 17.8. The molecule has 0 spiro atoms. The van der Waals surface area contributed by atoms with Gasteiger partial charge in [-0.25, -0.2) is 5.43 Å². The molecule has 3 rings (SSSR count). The molecule has 0 aliphatic rings. The van der Waals surface area contributed by atoms with Gasteiger partial charge in [0.2, 0.25) is 0 Å². The van der Waals surface area contributed by atoms with Gasteiger partial charge in [0.15, 0.2) is 0 Å². The highest BCUT2D eigenvalue weighted by atomic mass is 16.6. The number of amides is 1. The van der Waals surface area contributed by atoms with E-state index in [9.17, 15) is 14.9 Å². The molecule has 0 atom stereocenters. The second-order valence-electron chi connectivity index (χ2n) is 5.86. The third kappa shape index (κ3) is 4.42. The predicted octanol–water partition coefficient (Wildman–Crippen LogP) is 3.32. The number of hydrogen-bond donors (Lipinski definition) is 2. The summed E-state index contributed by atoms with van der Waals surface area (Å²) in [4.78, 5) is 22.4. The summed E-state index contributed by atoms with van der Waals surface area (Å²) < 4.78 is 5.14.